The molecule has 0 saturated carbocycles. The van der Waals surface area contributed by atoms with Gasteiger partial charge in [0.15, 0.2) is 0 Å². The lowest BCUT2D eigenvalue weighted by molar-refractivity contribution is -0.116. The van der Waals surface area contributed by atoms with Crippen molar-refractivity contribution in [3.8, 4) is 0 Å². The molecule has 0 fully saturated rings. The number of carbonyl (C=O) groups is 1. The van der Waals surface area contributed by atoms with E-state index in [4.69, 9.17) is 11.6 Å². The second-order valence-corrected chi connectivity index (χ2v) is 5.50. The number of para-hydroxylation sites is 2. The molecule has 24 heavy (non-hydrogen) atoms. The molecule has 1 heterocycles. The standard InChI is InChI=1S/C18H15ClN4O/c1-13-21-16-8-4-5-9-17(16)23(13)11-10-18(24)22-20-12-14-6-2-3-7-15(14)19/h2-12H,1H3,(H,22,24)/b11-10+,20-12+. The fourth-order valence-electron chi connectivity index (χ4n) is 2.28. The molecule has 0 radical (unpaired) electrons. The number of halogens is 1. The van der Waals surface area contributed by atoms with Gasteiger partial charge < -0.3 is 4.57 Å². The lowest BCUT2D eigenvalue weighted by Crippen LogP contribution is -2.14. The van der Waals surface area contributed by atoms with E-state index >= 15 is 0 Å². The van der Waals surface area contributed by atoms with E-state index in [1.807, 2.05) is 54.0 Å². The molecule has 0 aliphatic heterocycles. The molecule has 3 aromatic rings. The van der Waals surface area contributed by atoms with Crippen LogP contribution in [0.1, 0.15) is 11.4 Å². The average Bonchev–Trinajstić information content (AvgIpc) is 2.90. The smallest absolute Gasteiger partial charge is 0.265 e. The van der Waals surface area contributed by atoms with Gasteiger partial charge in [-0.15, -0.1) is 0 Å². The highest BCUT2D eigenvalue weighted by Gasteiger charge is 2.04. The number of rotatable bonds is 4. The number of benzene rings is 2. The van der Waals surface area contributed by atoms with E-state index in [1.165, 1.54) is 12.3 Å². The average molecular weight is 339 g/mol. The van der Waals surface area contributed by atoms with E-state index in [-0.39, 0.29) is 5.91 Å². The van der Waals surface area contributed by atoms with E-state index in [1.54, 1.807) is 12.3 Å². The zero-order chi connectivity index (χ0) is 16.9. The topological polar surface area (TPSA) is 59.3 Å². The third-order valence-electron chi connectivity index (χ3n) is 3.43. The van der Waals surface area contributed by atoms with Gasteiger partial charge in [-0.2, -0.15) is 5.10 Å². The number of hydrogen-bond donors (Lipinski definition) is 1. The van der Waals surface area contributed by atoms with Gasteiger partial charge in [-0.25, -0.2) is 10.4 Å². The van der Waals surface area contributed by atoms with Crippen molar-refractivity contribution in [1.82, 2.24) is 15.0 Å². The molecule has 1 amide bonds. The normalized spacial score (nSPS) is 11.6. The van der Waals surface area contributed by atoms with E-state index in [2.05, 4.69) is 15.5 Å². The molecular weight excluding hydrogens is 324 g/mol. The lowest BCUT2D eigenvalue weighted by atomic mass is 10.2. The number of fused-ring (bicyclic) bond motifs is 1. The number of aromatic nitrogens is 2. The van der Waals surface area contributed by atoms with Gasteiger partial charge in [0.2, 0.25) is 0 Å². The molecule has 0 unspecified atom stereocenters. The molecule has 1 N–H and O–H groups in total. The van der Waals surface area contributed by atoms with E-state index < -0.39 is 0 Å². The van der Waals surface area contributed by atoms with Crippen LogP contribution in [0.2, 0.25) is 5.02 Å². The van der Waals surface area contributed by atoms with Crippen LogP contribution in [-0.2, 0) is 4.79 Å². The number of imidazole rings is 1. The fourth-order valence-corrected chi connectivity index (χ4v) is 2.46. The molecule has 6 heteroatoms. The maximum atomic E-state index is 11.9. The third kappa shape index (κ3) is 3.52. The van der Waals surface area contributed by atoms with Crippen molar-refractivity contribution in [3.05, 3.63) is 71.0 Å². The summed E-state index contributed by atoms with van der Waals surface area (Å²) >= 11 is 6.01. The summed E-state index contributed by atoms with van der Waals surface area (Å²) in [7, 11) is 0. The maximum absolute atomic E-state index is 11.9. The van der Waals surface area contributed by atoms with Gasteiger partial charge >= 0.3 is 0 Å². The second kappa shape index (κ2) is 7.10. The largest absolute Gasteiger partial charge is 0.303 e. The van der Waals surface area contributed by atoms with Crippen molar-refractivity contribution in [2.24, 2.45) is 5.10 Å². The Labute approximate surface area is 144 Å². The highest BCUT2D eigenvalue weighted by Crippen LogP contribution is 2.15. The highest BCUT2D eigenvalue weighted by atomic mass is 35.5. The zero-order valence-corrected chi connectivity index (χ0v) is 13.7. The van der Waals surface area contributed by atoms with Crippen molar-refractivity contribution in [3.63, 3.8) is 0 Å². The fraction of sp³-hybridized carbons (Fsp3) is 0.0556. The van der Waals surface area contributed by atoms with Gasteiger partial charge in [-0.1, -0.05) is 41.9 Å². The molecule has 120 valence electrons. The molecule has 1 aromatic heterocycles. The molecule has 2 aromatic carbocycles. The summed E-state index contributed by atoms with van der Waals surface area (Å²) in [5.74, 6) is 0.468. The Morgan fingerprint density at radius 2 is 1.96 bits per heavy atom. The monoisotopic (exact) mass is 338 g/mol. The number of carbonyl (C=O) groups excluding carboxylic acids is 1. The van der Waals surface area contributed by atoms with Crippen molar-refractivity contribution in [2.75, 3.05) is 0 Å². The molecular formula is C18H15ClN4O. The summed E-state index contributed by atoms with van der Waals surface area (Å²) in [5.41, 5.74) is 5.00. The maximum Gasteiger partial charge on any atom is 0.265 e. The Balaban J connectivity index is 1.69. The molecule has 0 saturated heterocycles. The van der Waals surface area contributed by atoms with Crippen LogP contribution in [0, 0.1) is 6.92 Å². The summed E-state index contributed by atoms with van der Waals surface area (Å²) in [6, 6.07) is 15.0. The first-order chi connectivity index (χ1) is 11.6. The van der Waals surface area contributed by atoms with Crippen molar-refractivity contribution in [1.29, 1.82) is 0 Å². The molecule has 5 nitrogen and oxygen atoms in total. The minimum atomic E-state index is -0.338. The molecule has 0 aliphatic carbocycles. The van der Waals surface area contributed by atoms with Crippen molar-refractivity contribution < 1.29 is 4.79 Å². The second-order valence-electron chi connectivity index (χ2n) is 5.09. The lowest BCUT2D eigenvalue weighted by Gasteiger charge is -1.99. The molecule has 3 rings (SSSR count). The predicted molar refractivity (Wildman–Crippen MR) is 97.0 cm³/mol. The summed E-state index contributed by atoms with van der Waals surface area (Å²) in [6.07, 6.45) is 4.59. The van der Waals surface area contributed by atoms with Gasteiger partial charge in [-0.3, -0.25) is 4.79 Å². The van der Waals surface area contributed by atoms with E-state index in [9.17, 15) is 4.79 Å². The SMILES string of the molecule is Cc1nc2ccccc2n1/C=C/C(=O)N/N=C/c1ccccc1Cl. The summed E-state index contributed by atoms with van der Waals surface area (Å²) in [5, 5.41) is 4.48. The van der Waals surface area contributed by atoms with Crippen LogP contribution in [0.5, 0.6) is 0 Å². The predicted octanol–water partition coefficient (Wildman–Crippen LogP) is 3.62. The molecule has 0 atom stereocenters. The highest BCUT2D eigenvalue weighted by molar-refractivity contribution is 6.33. The Morgan fingerprint density at radius 3 is 2.79 bits per heavy atom. The first kappa shape index (κ1) is 16.0. The number of hydrazone groups is 1. The number of hydrogen-bond acceptors (Lipinski definition) is 3. The van der Waals surface area contributed by atoms with Crippen LogP contribution in [0.4, 0.5) is 0 Å². The van der Waals surface area contributed by atoms with Crippen LogP contribution in [-0.4, -0.2) is 21.7 Å². The van der Waals surface area contributed by atoms with Gasteiger partial charge in [0.25, 0.3) is 5.91 Å². The van der Waals surface area contributed by atoms with Gasteiger partial charge in [-0.05, 0) is 25.1 Å². The Bertz CT molecular complexity index is 943. The minimum absolute atomic E-state index is 0.338. The third-order valence-corrected chi connectivity index (χ3v) is 3.77. The number of aryl methyl sites for hydroxylation is 1. The summed E-state index contributed by atoms with van der Waals surface area (Å²) < 4.78 is 1.85. The van der Waals surface area contributed by atoms with Crippen LogP contribution in [0.3, 0.4) is 0 Å². The summed E-state index contributed by atoms with van der Waals surface area (Å²) in [6.45, 7) is 1.89. The molecule has 0 bridgehead atoms. The Hall–Kier alpha value is -2.92. The molecule has 0 spiro atoms. The first-order valence-corrected chi connectivity index (χ1v) is 7.72. The van der Waals surface area contributed by atoms with Gasteiger partial charge in [0.05, 0.1) is 17.2 Å². The van der Waals surface area contributed by atoms with E-state index in [0.29, 0.717) is 5.02 Å². The summed E-state index contributed by atoms with van der Waals surface area (Å²) in [4.78, 5) is 16.3. The Morgan fingerprint density at radius 1 is 1.21 bits per heavy atom. The first-order valence-electron chi connectivity index (χ1n) is 7.34. The molecule has 0 aliphatic rings. The van der Waals surface area contributed by atoms with Crippen LogP contribution < -0.4 is 5.43 Å². The van der Waals surface area contributed by atoms with Crippen LogP contribution >= 0.6 is 11.6 Å². The van der Waals surface area contributed by atoms with E-state index in [0.717, 1.165) is 22.4 Å². The van der Waals surface area contributed by atoms with Gasteiger partial charge in [0, 0.05) is 22.9 Å². The number of nitrogens with one attached hydrogen (secondary N) is 1. The van der Waals surface area contributed by atoms with Gasteiger partial charge in [0.1, 0.15) is 5.82 Å². The van der Waals surface area contributed by atoms with Crippen molar-refractivity contribution >= 4 is 41.0 Å². The van der Waals surface area contributed by atoms with Crippen LogP contribution in [0.15, 0.2) is 59.7 Å². The quantitative estimate of drug-likeness (QED) is 0.448. The Kier molecular flexibility index (Phi) is 4.72. The zero-order valence-electron chi connectivity index (χ0n) is 13.0. The number of nitrogens with zero attached hydrogens (tertiary/aromatic N) is 3. The number of amides is 1. The van der Waals surface area contributed by atoms with Crippen molar-refractivity contribution in [2.45, 2.75) is 6.92 Å². The minimum Gasteiger partial charge on any atom is -0.303 e. The van der Waals surface area contributed by atoms with Crippen LogP contribution in [0.25, 0.3) is 17.2 Å².